The molecule has 0 saturated carbocycles. The van der Waals surface area contributed by atoms with E-state index < -0.39 is 9.84 Å². The Balaban J connectivity index is 1.79. The van der Waals surface area contributed by atoms with Crippen LogP contribution in [0.1, 0.15) is 30.9 Å². The molecule has 0 aliphatic carbocycles. The van der Waals surface area contributed by atoms with Crippen LogP contribution >= 0.6 is 0 Å². The van der Waals surface area contributed by atoms with Gasteiger partial charge in [-0.05, 0) is 56.9 Å². The maximum absolute atomic E-state index is 12.2. The van der Waals surface area contributed by atoms with Crippen LogP contribution in [0.25, 0.3) is 0 Å². The minimum absolute atomic E-state index is 0.236. The lowest BCUT2D eigenvalue weighted by Gasteiger charge is -2.36. The van der Waals surface area contributed by atoms with E-state index in [1.165, 1.54) is 12.8 Å². The van der Waals surface area contributed by atoms with Crippen molar-refractivity contribution in [1.29, 1.82) is 0 Å². The van der Waals surface area contributed by atoms with Gasteiger partial charge in [0.1, 0.15) is 0 Å². The number of piperidine rings is 1. The molecule has 1 atom stereocenters. The van der Waals surface area contributed by atoms with Crippen LogP contribution < -0.4 is 5.32 Å². The van der Waals surface area contributed by atoms with E-state index in [0.29, 0.717) is 11.3 Å². The Hall–Kier alpha value is -0.910. The molecule has 0 aromatic heterocycles. The zero-order chi connectivity index (χ0) is 14.9. The zero-order valence-electron chi connectivity index (χ0n) is 12.6. The number of fused-ring (bicyclic) bond motifs is 1. The molecule has 5 heteroatoms. The van der Waals surface area contributed by atoms with Crippen LogP contribution in [-0.2, 0) is 9.84 Å². The van der Waals surface area contributed by atoms with Gasteiger partial charge in [0.25, 0.3) is 0 Å². The highest BCUT2D eigenvalue weighted by molar-refractivity contribution is 7.91. The number of hydrogen-bond acceptors (Lipinski definition) is 4. The van der Waals surface area contributed by atoms with Crippen molar-refractivity contribution < 1.29 is 8.42 Å². The van der Waals surface area contributed by atoms with Crippen molar-refractivity contribution in [2.24, 2.45) is 5.92 Å². The smallest absolute Gasteiger partial charge is 0.178 e. The molecule has 116 valence electrons. The summed E-state index contributed by atoms with van der Waals surface area (Å²) < 4.78 is 24.4. The van der Waals surface area contributed by atoms with Crippen molar-refractivity contribution in [2.75, 3.05) is 32.4 Å². The molecule has 4 nitrogen and oxygen atoms in total. The maximum Gasteiger partial charge on any atom is 0.178 e. The lowest BCUT2D eigenvalue weighted by molar-refractivity contribution is 0.179. The van der Waals surface area contributed by atoms with Crippen LogP contribution in [-0.4, -0.2) is 45.8 Å². The van der Waals surface area contributed by atoms with E-state index in [9.17, 15) is 8.42 Å². The highest BCUT2D eigenvalue weighted by atomic mass is 32.2. The second-order valence-corrected chi connectivity index (χ2v) is 8.37. The van der Waals surface area contributed by atoms with Crippen molar-refractivity contribution >= 4 is 9.84 Å². The quantitative estimate of drug-likeness (QED) is 0.925. The second kappa shape index (κ2) is 6.07. The summed E-state index contributed by atoms with van der Waals surface area (Å²) in [7, 11) is -0.938. The molecule has 1 unspecified atom stereocenters. The SMILES string of the molecule is CN(CC1CCNCC1)C1CCS(=O)(=O)c2ccccc21. The van der Waals surface area contributed by atoms with E-state index in [2.05, 4.69) is 17.3 Å². The third kappa shape index (κ3) is 3.15. The fourth-order valence-electron chi connectivity index (χ4n) is 3.63. The van der Waals surface area contributed by atoms with Crippen molar-refractivity contribution in [2.45, 2.75) is 30.2 Å². The van der Waals surface area contributed by atoms with Crippen molar-refractivity contribution in [3.05, 3.63) is 29.8 Å². The normalized spacial score (nSPS) is 25.7. The summed E-state index contributed by atoms with van der Waals surface area (Å²) in [6.07, 6.45) is 3.15. The van der Waals surface area contributed by atoms with Crippen LogP contribution in [0.5, 0.6) is 0 Å². The molecule has 21 heavy (non-hydrogen) atoms. The standard InChI is InChI=1S/C16H24N2O2S/c1-18(12-13-6-9-17-10-7-13)15-8-11-21(19,20)16-5-3-2-4-14(15)16/h2-5,13,15,17H,6-12H2,1H3. The average Bonchev–Trinajstić information content (AvgIpc) is 2.48. The molecule has 0 spiro atoms. The van der Waals surface area contributed by atoms with Gasteiger partial charge >= 0.3 is 0 Å². The Bertz CT molecular complexity index is 594. The Kier molecular flexibility index (Phi) is 4.33. The molecular formula is C16H24N2O2S. The molecule has 0 radical (unpaired) electrons. The minimum atomic E-state index is -3.08. The van der Waals surface area contributed by atoms with E-state index >= 15 is 0 Å². The predicted octanol–water partition coefficient (Wildman–Crippen LogP) is 1.84. The van der Waals surface area contributed by atoms with Gasteiger partial charge in [-0.25, -0.2) is 8.42 Å². The number of benzene rings is 1. The van der Waals surface area contributed by atoms with Gasteiger partial charge in [-0.2, -0.15) is 0 Å². The number of nitrogens with zero attached hydrogens (tertiary/aromatic N) is 1. The Labute approximate surface area is 127 Å². The molecule has 2 aliphatic rings. The monoisotopic (exact) mass is 308 g/mol. The summed E-state index contributed by atoms with van der Waals surface area (Å²) in [5.41, 5.74) is 0.986. The van der Waals surface area contributed by atoms with Crippen LogP contribution in [0.4, 0.5) is 0 Å². The molecule has 0 amide bonds. The van der Waals surface area contributed by atoms with Gasteiger partial charge in [-0.1, -0.05) is 18.2 Å². The fourth-order valence-corrected chi connectivity index (χ4v) is 5.23. The number of hydrogen-bond donors (Lipinski definition) is 1. The van der Waals surface area contributed by atoms with Crippen LogP contribution in [0.3, 0.4) is 0 Å². The van der Waals surface area contributed by atoms with Gasteiger partial charge < -0.3 is 5.32 Å². The van der Waals surface area contributed by atoms with Crippen molar-refractivity contribution in [3.63, 3.8) is 0 Å². The summed E-state index contributed by atoms with van der Waals surface area (Å²) in [6.45, 7) is 3.27. The van der Waals surface area contributed by atoms with E-state index in [1.807, 2.05) is 18.2 Å². The molecule has 3 rings (SSSR count). The fraction of sp³-hybridized carbons (Fsp3) is 0.625. The van der Waals surface area contributed by atoms with Gasteiger partial charge in [0.2, 0.25) is 0 Å². The Morgan fingerprint density at radius 3 is 2.67 bits per heavy atom. The first-order chi connectivity index (χ1) is 10.1. The minimum Gasteiger partial charge on any atom is -0.317 e. The van der Waals surface area contributed by atoms with Crippen molar-refractivity contribution in [3.8, 4) is 0 Å². The Morgan fingerprint density at radius 1 is 1.19 bits per heavy atom. The molecule has 1 fully saturated rings. The highest BCUT2D eigenvalue weighted by Gasteiger charge is 2.32. The zero-order valence-corrected chi connectivity index (χ0v) is 13.4. The van der Waals surface area contributed by atoms with E-state index in [4.69, 9.17) is 0 Å². The average molecular weight is 308 g/mol. The topological polar surface area (TPSA) is 49.4 Å². The summed E-state index contributed by atoms with van der Waals surface area (Å²) >= 11 is 0. The Morgan fingerprint density at radius 2 is 1.90 bits per heavy atom. The number of nitrogens with one attached hydrogen (secondary N) is 1. The van der Waals surface area contributed by atoms with Gasteiger partial charge in [0.05, 0.1) is 10.6 Å². The first-order valence-corrected chi connectivity index (χ1v) is 9.46. The summed E-state index contributed by atoms with van der Waals surface area (Å²) in [5.74, 6) is 0.993. The van der Waals surface area contributed by atoms with Gasteiger partial charge in [0.15, 0.2) is 9.84 Å². The van der Waals surface area contributed by atoms with Crippen LogP contribution in [0.2, 0.25) is 0 Å². The summed E-state index contributed by atoms with van der Waals surface area (Å²) in [5, 5.41) is 3.40. The summed E-state index contributed by atoms with van der Waals surface area (Å²) in [6, 6.07) is 7.75. The lowest BCUT2D eigenvalue weighted by atomic mass is 9.95. The highest BCUT2D eigenvalue weighted by Crippen LogP contribution is 2.35. The third-order valence-electron chi connectivity index (χ3n) is 4.81. The van der Waals surface area contributed by atoms with Crippen LogP contribution in [0, 0.1) is 5.92 Å². The van der Waals surface area contributed by atoms with Gasteiger partial charge in [0, 0.05) is 12.6 Å². The molecule has 2 aliphatic heterocycles. The molecular weight excluding hydrogens is 284 g/mol. The largest absolute Gasteiger partial charge is 0.317 e. The van der Waals surface area contributed by atoms with E-state index in [1.54, 1.807) is 6.07 Å². The first-order valence-electron chi connectivity index (χ1n) is 7.80. The molecule has 1 saturated heterocycles. The second-order valence-electron chi connectivity index (χ2n) is 6.29. The molecule has 0 bridgehead atoms. The molecule has 1 aromatic rings. The first kappa shape index (κ1) is 15.0. The number of sulfone groups is 1. The van der Waals surface area contributed by atoms with Gasteiger partial charge in [-0.15, -0.1) is 0 Å². The predicted molar refractivity (Wildman–Crippen MR) is 84.1 cm³/mol. The molecule has 1 N–H and O–H groups in total. The molecule has 1 aromatic carbocycles. The number of rotatable bonds is 3. The van der Waals surface area contributed by atoms with E-state index in [-0.39, 0.29) is 11.8 Å². The van der Waals surface area contributed by atoms with Crippen LogP contribution in [0.15, 0.2) is 29.2 Å². The molecule has 2 heterocycles. The third-order valence-corrected chi connectivity index (χ3v) is 6.63. The van der Waals surface area contributed by atoms with Crippen molar-refractivity contribution in [1.82, 2.24) is 10.2 Å². The summed E-state index contributed by atoms with van der Waals surface area (Å²) in [4.78, 5) is 2.90. The van der Waals surface area contributed by atoms with E-state index in [0.717, 1.165) is 31.1 Å². The maximum atomic E-state index is 12.2. The van der Waals surface area contributed by atoms with Gasteiger partial charge in [-0.3, -0.25) is 4.90 Å². The lowest BCUT2D eigenvalue weighted by Crippen LogP contribution is -2.38.